The number of rotatable bonds is 7. The normalized spacial score (nSPS) is 15.5. The van der Waals surface area contributed by atoms with E-state index in [-0.39, 0.29) is 24.4 Å². The van der Waals surface area contributed by atoms with Gasteiger partial charge >= 0.3 is 0 Å². The second kappa shape index (κ2) is 8.85. The van der Waals surface area contributed by atoms with Crippen molar-refractivity contribution in [2.75, 3.05) is 6.54 Å². The molecule has 1 fully saturated rings. The summed E-state index contributed by atoms with van der Waals surface area (Å²) in [5, 5.41) is 6.94. The molecule has 1 N–H and O–H groups in total. The SMILES string of the molecule is CC(C)N(Cc1cnn(C)c1)C(=O)CNC(=O)CC1CCCCC1. The summed E-state index contributed by atoms with van der Waals surface area (Å²) in [7, 11) is 1.86. The molecule has 6 nitrogen and oxygen atoms in total. The minimum atomic E-state index is -0.0501. The summed E-state index contributed by atoms with van der Waals surface area (Å²) in [6.45, 7) is 4.56. The maximum atomic E-state index is 12.5. The molecule has 0 spiro atoms. The van der Waals surface area contributed by atoms with Gasteiger partial charge in [0.15, 0.2) is 0 Å². The van der Waals surface area contributed by atoms with Crippen LogP contribution in [0.1, 0.15) is 57.9 Å². The van der Waals surface area contributed by atoms with Gasteiger partial charge in [-0.15, -0.1) is 0 Å². The lowest BCUT2D eigenvalue weighted by molar-refractivity contribution is -0.135. The fourth-order valence-electron chi connectivity index (χ4n) is 3.31. The van der Waals surface area contributed by atoms with Crippen molar-refractivity contribution in [3.05, 3.63) is 18.0 Å². The molecule has 134 valence electrons. The Morgan fingerprint density at radius 1 is 1.33 bits per heavy atom. The highest BCUT2D eigenvalue weighted by Crippen LogP contribution is 2.26. The van der Waals surface area contributed by atoms with Crippen LogP contribution < -0.4 is 5.32 Å². The van der Waals surface area contributed by atoms with Crippen LogP contribution in [0.5, 0.6) is 0 Å². The lowest BCUT2D eigenvalue weighted by atomic mass is 9.87. The Morgan fingerprint density at radius 2 is 2.04 bits per heavy atom. The van der Waals surface area contributed by atoms with Crippen LogP contribution in [-0.4, -0.2) is 39.1 Å². The van der Waals surface area contributed by atoms with Gasteiger partial charge in [0.1, 0.15) is 0 Å². The minimum absolute atomic E-state index is 0.000309. The molecular weight excluding hydrogens is 304 g/mol. The topological polar surface area (TPSA) is 67.2 Å². The number of hydrogen-bond acceptors (Lipinski definition) is 3. The van der Waals surface area contributed by atoms with Crippen molar-refractivity contribution < 1.29 is 9.59 Å². The molecule has 0 bridgehead atoms. The van der Waals surface area contributed by atoms with Gasteiger partial charge in [0, 0.05) is 37.8 Å². The van der Waals surface area contributed by atoms with Crippen molar-refractivity contribution in [2.45, 2.75) is 65.0 Å². The Balaban J connectivity index is 1.80. The van der Waals surface area contributed by atoms with Crippen LogP contribution in [0.3, 0.4) is 0 Å². The Bertz CT molecular complexity index is 547. The lowest BCUT2D eigenvalue weighted by Gasteiger charge is -2.27. The molecular formula is C18H30N4O2. The van der Waals surface area contributed by atoms with E-state index in [0.29, 0.717) is 18.9 Å². The highest BCUT2D eigenvalue weighted by atomic mass is 16.2. The Morgan fingerprint density at radius 3 is 2.62 bits per heavy atom. The number of carbonyl (C=O) groups is 2. The summed E-state index contributed by atoms with van der Waals surface area (Å²) >= 11 is 0. The van der Waals surface area contributed by atoms with Crippen molar-refractivity contribution >= 4 is 11.8 Å². The largest absolute Gasteiger partial charge is 0.347 e. The summed E-state index contributed by atoms with van der Waals surface area (Å²) in [4.78, 5) is 26.3. The van der Waals surface area contributed by atoms with Crippen LogP contribution >= 0.6 is 0 Å². The molecule has 0 aromatic carbocycles. The van der Waals surface area contributed by atoms with E-state index >= 15 is 0 Å². The van der Waals surface area contributed by atoms with Crippen LogP contribution in [0, 0.1) is 5.92 Å². The summed E-state index contributed by atoms with van der Waals surface area (Å²) < 4.78 is 1.73. The van der Waals surface area contributed by atoms with Gasteiger partial charge in [-0.05, 0) is 32.6 Å². The predicted molar refractivity (Wildman–Crippen MR) is 93.1 cm³/mol. The van der Waals surface area contributed by atoms with Crippen molar-refractivity contribution in [3.63, 3.8) is 0 Å². The molecule has 0 unspecified atom stereocenters. The summed E-state index contributed by atoms with van der Waals surface area (Å²) in [5.74, 6) is 0.441. The van der Waals surface area contributed by atoms with Crippen molar-refractivity contribution in [1.29, 1.82) is 0 Å². The van der Waals surface area contributed by atoms with E-state index in [1.807, 2.05) is 27.1 Å². The molecule has 1 aliphatic carbocycles. The van der Waals surface area contributed by atoms with Crippen LogP contribution in [0.4, 0.5) is 0 Å². The van der Waals surface area contributed by atoms with Crippen LogP contribution in [0.15, 0.2) is 12.4 Å². The van der Waals surface area contributed by atoms with E-state index in [4.69, 9.17) is 0 Å². The molecule has 1 aliphatic rings. The van der Waals surface area contributed by atoms with Crippen LogP contribution in [-0.2, 0) is 23.2 Å². The quantitative estimate of drug-likeness (QED) is 0.831. The van der Waals surface area contributed by atoms with E-state index in [1.54, 1.807) is 15.8 Å². The van der Waals surface area contributed by atoms with E-state index in [2.05, 4.69) is 10.4 Å². The first-order valence-corrected chi connectivity index (χ1v) is 8.99. The van der Waals surface area contributed by atoms with E-state index in [9.17, 15) is 9.59 Å². The molecule has 0 atom stereocenters. The second-order valence-electron chi connectivity index (χ2n) is 7.12. The number of nitrogens with one attached hydrogen (secondary N) is 1. The zero-order valence-electron chi connectivity index (χ0n) is 15.1. The van der Waals surface area contributed by atoms with Gasteiger partial charge in [-0.2, -0.15) is 5.10 Å². The first kappa shape index (κ1) is 18.5. The fraction of sp³-hybridized carbons (Fsp3) is 0.722. The summed E-state index contributed by atoms with van der Waals surface area (Å²) in [6, 6.07) is 0.0768. The first-order chi connectivity index (χ1) is 11.5. The standard InChI is InChI=1S/C18H30N4O2/c1-14(2)22(13-16-10-20-21(3)12-16)18(24)11-19-17(23)9-15-7-5-4-6-8-15/h10,12,14-15H,4-9,11,13H2,1-3H3,(H,19,23). The van der Waals surface area contributed by atoms with Crippen LogP contribution in [0.25, 0.3) is 0 Å². The maximum Gasteiger partial charge on any atom is 0.242 e. The van der Waals surface area contributed by atoms with Gasteiger partial charge < -0.3 is 10.2 Å². The average molecular weight is 334 g/mol. The number of carbonyl (C=O) groups excluding carboxylic acids is 2. The van der Waals surface area contributed by atoms with Crippen molar-refractivity contribution in [3.8, 4) is 0 Å². The molecule has 24 heavy (non-hydrogen) atoms. The van der Waals surface area contributed by atoms with E-state index in [0.717, 1.165) is 18.4 Å². The van der Waals surface area contributed by atoms with Gasteiger partial charge in [-0.1, -0.05) is 19.3 Å². The molecule has 1 heterocycles. The highest BCUT2D eigenvalue weighted by molar-refractivity contribution is 5.85. The monoisotopic (exact) mass is 334 g/mol. The maximum absolute atomic E-state index is 12.5. The number of amides is 2. The van der Waals surface area contributed by atoms with Crippen LogP contribution in [0.2, 0.25) is 0 Å². The number of nitrogens with zero attached hydrogens (tertiary/aromatic N) is 3. The number of aromatic nitrogens is 2. The third-order valence-corrected chi connectivity index (χ3v) is 4.69. The van der Waals surface area contributed by atoms with E-state index < -0.39 is 0 Å². The van der Waals surface area contributed by atoms with Gasteiger partial charge in [0.2, 0.25) is 11.8 Å². The molecule has 2 amide bonds. The lowest BCUT2D eigenvalue weighted by Crippen LogP contribution is -2.43. The molecule has 0 saturated heterocycles. The molecule has 6 heteroatoms. The Labute approximate surface area is 144 Å². The zero-order valence-corrected chi connectivity index (χ0v) is 15.1. The van der Waals surface area contributed by atoms with Gasteiger partial charge in [-0.3, -0.25) is 14.3 Å². The molecule has 1 aromatic heterocycles. The Hall–Kier alpha value is -1.85. The molecule has 1 saturated carbocycles. The number of aryl methyl sites for hydroxylation is 1. The summed E-state index contributed by atoms with van der Waals surface area (Å²) in [6.07, 6.45) is 10.2. The average Bonchev–Trinajstić information content (AvgIpc) is 2.96. The number of hydrogen-bond donors (Lipinski definition) is 1. The van der Waals surface area contributed by atoms with Crippen molar-refractivity contribution in [2.24, 2.45) is 13.0 Å². The predicted octanol–water partition coefficient (Wildman–Crippen LogP) is 2.24. The van der Waals surface area contributed by atoms with Gasteiger partial charge in [0.25, 0.3) is 0 Å². The summed E-state index contributed by atoms with van der Waals surface area (Å²) in [5.41, 5.74) is 0.994. The molecule has 1 aromatic rings. The smallest absolute Gasteiger partial charge is 0.242 e. The molecule has 0 radical (unpaired) electrons. The Kier molecular flexibility index (Phi) is 6.82. The second-order valence-corrected chi connectivity index (χ2v) is 7.12. The highest BCUT2D eigenvalue weighted by Gasteiger charge is 2.20. The minimum Gasteiger partial charge on any atom is -0.347 e. The molecule has 0 aliphatic heterocycles. The third-order valence-electron chi connectivity index (χ3n) is 4.69. The third kappa shape index (κ3) is 5.65. The molecule has 2 rings (SSSR count). The van der Waals surface area contributed by atoms with Crippen molar-refractivity contribution in [1.82, 2.24) is 20.0 Å². The van der Waals surface area contributed by atoms with Gasteiger partial charge in [0.05, 0.1) is 12.7 Å². The fourth-order valence-corrected chi connectivity index (χ4v) is 3.31. The first-order valence-electron chi connectivity index (χ1n) is 8.99. The zero-order chi connectivity index (χ0) is 17.5. The van der Waals surface area contributed by atoms with E-state index in [1.165, 1.54) is 19.3 Å². The van der Waals surface area contributed by atoms with Gasteiger partial charge in [-0.25, -0.2) is 0 Å².